The molecule has 1 fully saturated rings. The quantitative estimate of drug-likeness (QED) is 0.881. The van der Waals surface area contributed by atoms with Crippen LogP contribution in [0.5, 0.6) is 6.01 Å². The van der Waals surface area contributed by atoms with E-state index in [1.807, 2.05) is 0 Å². The van der Waals surface area contributed by atoms with E-state index in [0.717, 1.165) is 26.2 Å². The van der Waals surface area contributed by atoms with Gasteiger partial charge < -0.3 is 15.0 Å². The molecule has 1 saturated heterocycles. The first-order valence-electron chi connectivity index (χ1n) is 6.64. The van der Waals surface area contributed by atoms with Crippen LogP contribution >= 0.6 is 11.6 Å². The molecule has 0 aromatic carbocycles. The van der Waals surface area contributed by atoms with Gasteiger partial charge in [-0.25, -0.2) is 0 Å². The standard InChI is InChI=1S/C12H20ClN5O/c1-3-18(8-9-5-4-6-14-7-9)11-15-10(13)16-12(17-11)19-2/h9,14H,3-8H2,1-2H3. The number of nitrogens with zero attached hydrogens (tertiary/aromatic N) is 4. The molecule has 19 heavy (non-hydrogen) atoms. The molecule has 0 amide bonds. The van der Waals surface area contributed by atoms with Gasteiger partial charge >= 0.3 is 6.01 Å². The van der Waals surface area contributed by atoms with Crippen LogP contribution in [0.25, 0.3) is 0 Å². The zero-order valence-corrected chi connectivity index (χ0v) is 12.2. The van der Waals surface area contributed by atoms with Crippen molar-refractivity contribution in [2.45, 2.75) is 19.8 Å². The Morgan fingerprint density at radius 1 is 1.42 bits per heavy atom. The fourth-order valence-electron chi connectivity index (χ4n) is 2.30. The number of hydrogen-bond acceptors (Lipinski definition) is 6. The molecule has 0 aliphatic carbocycles. The van der Waals surface area contributed by atoms with Crippen molar-refractivity contribution in [3.05, 3.63) is 5.28 Å². The number of hydrogen-bond donors (Lipinski definition) is 1. The van der Waals surface area contributed by atoms with Gasteiger partial charge in [-0.05, 0) is 50.4 Å². The second-order valence-corrected chi connectivity index (χ2v) is 4.98. The van der Waals surface area contributed by atoms with Crippen LogP contribution in [-0.4, -0.2) is 48.2 Å². The van der Waals surface area contributed by atoms with Crippen LogP contribution in [0.2, 0.25) is 5.28 Å². The average Bonchev–Trinajstić information content (AvgIpc) is 2.45. The van der Waals surface area contributed by atoms with E-state index in [1.165, 1.54) is 20.0 Å². The molecule has 1 aromatic heterocycles. The highest BCUT2D eigenvalue weighted by molar-refractivity contribution is 6.28. The summed E-state index contributed by atoms with van der Waals surface area (Å²) in [6.45, 7) is 6.01. The monoisotopic (exact) mass is 285 g/mol. The second kappa shape index (κ2) is 6.86. The van der Waals surface area contributed by atoms with Crippen molar-refractivity contribution in [2.24, 2.45) is 5.92 Å². The molecular formula is C12H20ClN5O. The summed E-state index contributed by atoms with van der Waals surface area (Å²) in [5, 5.41) is 3.59. The fraction of sp³-hybridized carbons (Fsp3) is 0.750. The summed E-state index contributed by atoms with van der Waals surface area (Å²) in [6.07, 6.45) is 2.46. The number of nitrogens with one attached hydrogen (secondary N) is 1. The third kappa shape index (κ3) is 3.91. The van der Waals surface area contributed by atoms with E-state index < -0.39 is 0 Å². The fourth-order valence-corrected chi connectivity index (χ4v) is 2.45. The molecule has 2 heterocycles. The van der Waals surface area contributed by atoms with Crippen molar-refractivity contribution in [3.8, 4) is 6.01 Å². The lowest BCUT2D eigenvalue weighted by Gasteiger charge is -2.29. The van der Waals surface area contributed by atoms with Crippen molar-refractivity contribution < 1.29 is 4.74 Å². The molecule has 1 aliphatic heterocycles. The van der Waals surface area contributed by atoms with E-state index >= 15 is 0 Å². The molecular weight excluding hydrogens is 266 g/mol. The molecule has 1 unspecified atom stereocenters. The van der Waals surface area contributed by atoms with E-state index in [4.69, 9.17) is 16.3 Å². The highest BCUT2D eigenvalue weighted by atomic mass is 35.5. The van der Waals surface area contributed by atoms with Crippen molar-refractivity contribution >= 4 is 17.5 Å². The molecule has 0 radical (unpaired) electrons. The summed E-state index contributed by atoms with van der Waals surface area (Å²) < 4.78 is 5.03. The molecule has 7 heteroatoms. The number of halogens is 1. The minimum absolute atomic E-state index is 0.169. The number of rotatable bonds is 5. The molecule has 1 N–H and O–H groups in total. The highest BCUT2D eigenvalue weighted by Crippen LogP contribution is 2.18. The van der Waals surface area contributed by atoms with Crippen LogP contribution in [0.4, 0.5) is 5.95 Å². The van der Waals surface area contributed by atoms with Gasteiger partial charge in [0, 0.05) is 13.1 Å². The van der Waals surface area contributed by atoms with Gasteiger partial charge in [0.25, 0.3) is 0 Å². The smallest absolute Gasteiger partial charge is 0.322 e. The molecule has 0 spiro atoms. The number of ether oxygens (including phenoxy) is 1. The third-order valence-corrected chi connectivity index (χ3v) is 3.47. The first kappa shape index (κ1) is 14.3. The zero-order valence-electron chi connectivity index (χ0n) is 11.4. The maximum atomic E-state index is 5.89. The maximum Gasteiger partial charge on any atom is 0.322 e. The van der Waals surface area contributed by atoms with Gasteiger partial charge in [-0.3, -0.25) is 0 Å². The molecule has 1 atom stereocenters. The van der Waals surface area contributed by atoms with Crippen LogP contribution < -0.4 is 15.0 Å². The first-order chi connectivity index (χ1) is 9.22. The predicted octanol–water partition coefficient (Wildman–Crippen LogP) is 1.36. The topological polar surface area (TPSA) is 63.2 Å². The van der Waals surface area contributed by atoms with Crippen molar-refractivity contribution in [3.63, 3.8) is 0 Å². The molecule has 2 rings (SSSR count). The largest absolute Gasteiger partial charge is 0.467 e. The Hall–Kier alpha value is -1.14. The van der Waals surface area contributed by atoms with Crippen molar-refractivity contribution in [1.82, 2.24) is 20.3 Å². The number of piperidine rings is 1. The van der Waals surface area contributed by atoms with Gasteiger partial charge in [0.05, 0.1) is 7.11 Å². The molecule has 1 aliphatic rings. The number of aromatic nitrogens is 3. The summed E-state index contributed by atoms with van der Waals surface area (Å²) in [5.74, 6) is 1.21. The SMILES string of the molecule is CCN(CC1CCCNC1)c1nc(Cl)nc(OC)n1. The lowest BCUT2D eigenvalue weighted by Crippen LogP contribution is -2.39. The number of methoxy groups -OCH3 is 1. The van der Waals surface area contributed by atoms with Crippen molar-refractivity contribution in [2.75, 3.05) is 38.2 Å². The lowest BCUT2D eigenvalue weighted by molar-refractivity contribution is 0.369. The van der Waals surface area contributed by atoms with Crippen molar-refractivity contribution in [1.29, 1.82) is 0 Å². The Labute approximate surface area is 118 Å². The zero-order chi connectivity index (χ0) is 13.7. The van der Waals surface area contributed by atoms with E-state index in [9.17, 15) is 0 Å². The highest BCUT2D eigenvalue weighted by Gasteiger charge is 2.19. The minimum atomic E-state index is 0.169. The Morgan fingerprint density at radius 3 is 2.89 bits per heavy atom. The van der Waals surface area contributed by atoms with E-state index in [0.29, 0.717) is 11.9 Å². The van der Waals surface area contributed by atoms with Crippen LogP contribution in [0.15, 0.2) is 0 Å². The molecule has 0 saturated carbocycles. The number of anilines is 1. The Kier molecular flexibility index (Phi) is 5.15. The first-order valence-corrected chi connectivity index (χ1v) is 7.02. The van der Waals surface area contributed by atoms with Crippen LogP contribution in [0, 0.1) is 5.92 Å². The van der Waals surface area contributed by atoms with Gasteiger partial charge in [-0.15, -0.1) is 0 Å². The van der Waals surface area contributed by atoms with Gasteiger partial charge in [0.1, 0.15) is 0 Å². The summed E-state index contributed by atoms with van der Waals surface area (Å²) in [5.41, 5.74) is 0. The van der Waals surface area contributed by atoms with E-state index in [1.54, 1.807) is 0 Å². The summed E-state index contributed by atoms with van der Waals surface area (Å²) in [6, 6.07) is 0.259. The molecule has 6 nitrogen and oxygen atoms in total. The normalized spacial score (nSPS) is 19.2. The van der Waals surface area contributed by atoms with E-state index in [2.05, 4.69) is 32.1 Å². The molecule has 1 aromatic rings. The predicted molar refractivity (Wildman–Crippen MR) is 74.9 cm³/mol. The van der Waals surface area contributed by atoms with Gasteiger partial charge in [-0.1, -0.05) is 0 Å². The summed E-state index contributed by atoms with van der Waals surface area (Å²) >= 11 is 5.89. The lowest BCUT2D eigenvalue weighted by atomic mass is 9.99. The van der Waals surface area contributed by atoms with Crippen LogP contribution in [-0.2, 0) is 0 Å². The Morgan fingerprint density at radius 2 is 2.26 bits per heavy atom. The van der Waals surface area contributed by atoms with Crippen LogP contribution in [0.1, 0.15) is 19.8 Å². The molecule has 0 bridgehead atoms. The van der Waals surface area contributed by atoms with E-state index in [-0.39, 0.29) is 11.3 Å². The average molecular weight is 286 g/mol. The summed E-state index contributed by atoms with van der Waals surface area (Å²) in [7, 11) is 1.52. The second-order valence-electron chi connectivity index (χ2n) is 4.64. The van der Waals surface area contributed by atoms with Gasteiger partial charge in [-0.2, -0.15) is 15.0 Å². The summed E-state index contributed by atoms with van der Waals surface area (Å²) in [4.78, 5) is 14.5. The minimum Gasteiger partial charge on any atom is -0.467 e. The maximum absolute atomic E-state index is 5.89. The Balaban J connectivity index is 2.09. The molecule has 106 valence electrons. The van der Waals surface area contributed by atoms with Crippen LogP contribution in [0.3, 0.4) is 0 Å². The van der Waals surface area contributed by atoms with Gasteiger partial charge in [0.15, 0.2) is 0 Å². The Bertz CT molecular complexity index is 411. The third-order valence-electron chi connectivity index (χ3n) is 3.30. The van der Waals surface area contributed by atoms with Gasteiger partial charge in [0.2, 0.25) is 11.2 Å².